The third kappa shape index (κ3) is 2.30. The monoisotopic (exact) mass is 380 g/mol. The molecule has 0 saturated heterocycles. The molecule has 3 bridgehead atoms. The number of nitrogens with zero attached hydrogens (tertiary/aromatic N) is 2. The highest BCUT2D eigenvalue weighted by Crippen LogP contribution is 2.60. The molecule has 3 saturated carbocycles. The summed E-state index contributed by atoms with van der Waals surface area (Å²) in [6.45, 7) is 0. The van der Waals surface area contributed by atoms with Gasteiger partial charge in [-0.05, 0) is 61.6 Å². The summed E-state index contributed by atoms with van der Waals surface area (Å²) < 4.78 is 2.11. The maximum Gasteiger partial charge on any atom is 0.194 e. The highest BCUT2D eigenvalue weighted by Gasteiger charge is 2.53. The molecule has 3 aliphatic rings. The number of aromatic nitrogens is 2. The standard InChI is InChI=1S/C22H24N2O2S/c25-16-4-5-19(26)17(7-16)18-12-27-21-23-20(11-24(18)21)22-8-13-2-1-3-14(9-22)15(6-13)10-22/h4-5,7,11-15,25-26H,1-3,6,8-10H2. The molecular formula is C22H24N2O2S. The maximum atomic E-state index is 10.3. The van der Waals surface area contributed by atoms with Gasteiger partial charge in [-0.3, -0.25) is 4.40 Å². The van der Waals surface area contributed by atoms with Crippen molar-refractivity contribution in [3.05, 3.63) is 35.5 Å². The van der Waals surface area contributed by atoms with E-state index in [4.69, 9.17) is 4.98 Å². The molecule has 140 valence electrons. The molecule has 4 unspecified atom stereocenters. The first-order valence-electron chi connectivity index (χ1n) is 10.1. The van der Waals surface area contributed by atoms with Crippen LogP contribution in [0, 0.1) is 17.8 Å². The van der Waals surface area contributed by atoms with Gasteiger partial charge < -0.3 is 10.2 Å². The number of thiazole rings is 1. The van der Waals surface area contributed by atoms with Gasteiger partial charge in [-0.2, -0.15) is 0 Å². The van der Waals surface area contributed by atoms with Crippen LogP contribution >= 0.6 is 11.3 Å². The number of fused-ring (bicyclic) bond motifs is 3. The predicted molar refractivity (Wildman–Crippen MR) is 106 cm³/mol. The molecule has 3 aromatic rings. The number of hydrogen-bond donors (Lipinski definition) is 2. The molecule has 4 nitrogen and oxygen atoms in total. The van der Waals surface area contributed by atoms with Gasteiger partial charge in [-0.15, -0.1) is 11.3 Å². The Morgan fingerprint density at radius 3 is 2.93 bits per heavy atom. The van der Waals surface area contributed by atoms with E-state index in [1.807, 2.05) is 5.38 Å². The molecule has 0 amide bonds. The highest BCUT2D eigenvalue weighted by molar-refractivity contribution is 7.15. The van der Waals surface area contributed by atoms with E-state index in [0.29, 0.717) is 5.56 Å². The fourth-order valence-electron chi connectivity index (χ4n) is 6.43. The lowest BCUT2D eigenvalue weighted by Crippen LogP contribution is -2.31. The number of benzene rings is 1. The Balaban J connectivity index is 1.46. The second-order valence-corrected chi connectivity index (χ2v) is 9.88. The molecule has 2 aromatic heterocycles. The number of hydrogen-bond acceptors (Lipinski definition) is 4. The lowest BCUT2D eigenvalue weighted by Gasteiger charge is -2.36. The molecule has 1 aromatic carbocycles. The predicted octanol–water partition coefficient (Wildman–Crippen LogP) is 5.33. The van der Waals surface area contributed by atoms with E-state index in [9.17, 15) is 10.2 Å². The number of imidazole rings is 1. The Hall–Kier alpha value is -2.01. The van der Waals surface area contributed by atoms with Crippen LogP contribution in [-0.2, 0) is 5.41 Å². The van der Waals surface area contributed by atoms with Crippen molar-refractivity contribution in [2.24, 2.45) is 17.8 Å². The fraction of sp³-hybridized carbons (Fsp3) is 0.500. The normalized spacial score (nSPS) is 32.2. The lowest BCUT2D eigenvalue weighted by atomic mass is 9.68. The molecular weight excluding hydrogens is 356 g/mol. The van der Waals surface area contributed by atoms with Crippen molar-refractivity contribution in [1.29, 1.82) is 0 Å². The molecule has 6 rings (SSSR count). The topological polar surface area (TPSA) is 57.8 Å². The van der Waals surface area contributed by atoms with Gasteiger partial charge in [0.2, 0.25) is 0 Å². The van der Waals surface area contributed by atoms with Gasteiger partial charge in [0.1, 0.15) is 11.5 Å². The molecule has 3 fully saturated rings. The average molecular weight is 381 g/mol. The zero-order chi connectivity index (χ0) is 18.2. The van der Waals surface area contributed by atoms with Crippen LogP contribution in [0.4, 0.5) is 0 Å². The summed E-state index contributed by atoms with van der Waals surface area (Å²) >= 11 is 1.61. The Labute approximate surface area is 162 Å². The smallest absolute Gasteiger partial charge is 0.194 e. The van der Waals surface area contributed by atoms with Crippen LogP contribution in [0.15, 0.2) is 29.8 Å². The van der Waals surface area contributed by atoms with Crippen LogP contribution in [0.1, 0.15) is 50.6 Å². The van der Waals surface area contributed by atoms with Gasteiger partial charge >= 0.3 is 0 Å². The zero-order valence-electron chi connectivity index (χ0n) is 15.3. The van der Waals surface area contributed by atoms with E-state index in [0.717, 1.165) is 28.4 Å². The summed E-state index contributed by atoms with van der Waals surface area (Å²) in [6.07, 6.45) is 11.8. The second kappa shape index (κ2) is 5.51. The van der Waals surface area contributed by atoms with Gasteiger partial charge in [-0.1, -0.05) is 19.3 Å². The Kier molecular flexibility index (Phi) is 3.26. The van der Waals surface area contributed by atoms with Crippen LogP contribution in [0.25, 0.3) is 16.2 Å². The molecule has 5 heteroatoms. The van der Waals surface area contributed by atoms with Crippen LogP contribution < -0.4 is 0 Å². The third-order valence-corrected chi connectivity index (χ3v) is 8.32. The highest BCUT2D eigenvalue weighted by atomic mass is 32.1. The summed E-state index contributed by atoms with van der Waals surface area (Å²) in [4.78, 5) is 6.05. The molecule has 2 N–H and O–H groups in total. The van der Waals surface area contributed by atoms with Crippen LogP contribution in [0.5, 0.6) is 11.5 Å². The van der Waals surface area contributed by atoms with Crippen molar-refractivity contribution in [1.82, 2.24) is 9.38 Å². The van der Waals surface area contributed by atoms with Crippen molar-refractivity contribution in [2.75, 3.05) is 0 Å². The van der Waals surface area contributed by atoms with Gasteiger partial charge in [0, 0.05) is 22.6 Å². The quantitative estimate of drug-likeness (QED) is 0.591. The van der Waals surface area contributed by atoms with E-state index in [-0.39, 0.29) is 16.9 Å². The van der Waals surface area contributed by atoms with Crippen molar-refractivity contribution in [3.8, 4) is 22.8 Å². The van der Waals surface area contributed by atoms with Gasteiger partial charge in [0.15, 0.2) is 4.96 Å². The largest absolute Gasteiger partial charge is 0.508 e. The van der Waals surface area contributed by atoms with Gasteiger partial charge in [-0.25, -0.2) is 4.98 Å². The van der Waals surface area contributed by atoms with Gasteiger partial charge in [0.05, 0.1) is 11.4 Å². The van der Waals surface area contributed by atoms with Crippen LogP contribution in [0.2, 0.25) is 0 Å². The lowest BCUT2D eigenvalue weighted by molar-refractivity contribution is 0.215. The Bertz CT molecular complexity index is 1030. The Morgan fingerprint density at radius 1 is 1.11 bits per heavy atom. The molecule has 2 heterocycles. The van der Waals surface area contributed by atoms with E-state index >= 15 is 0 Å². The van der Waals surface area contributed by atoms with Crippen molar-refractivity contribution >= 4 is 16.3 Å². The Morgan fingerprint density at radius 2 is 2.00 bits per heavy atom. The van der Waals surface area contributed by atoms with Crippen LogP contribution in [-0.4, -0.2) is 19.6 Å². The minimum absolute atomic E-state index is 0.167. The van der Waals surface area contributed by atoms with E-state index in [2.05, 4.69) is 10.6 Å². The first-order chi connectivity index (χ1) is 13.1. The molecule has 0 aliphatic heterocycles. The van der Waals surface area contributed by atoms with E-state index in [1.54, 1.807) is 23.5 Å². The molecule has 0 radical (unpaired) electrons. The number of rotatable bonds is 2. The molecule has 27 heavy (non-hydrogen) atoms. The molecule has 4 atom stereocenters. The fourth-order valence-corrected chi connectivity index (χ4v) is 7.30. The summed E-state index contributed by atoms with van der Waals surface area (Å²) in [5, 5.41) is 22.2. The van der Waals surface area contributed by atoms with Crippen molar-refractivity contribution in [3.63, 3.8) is 0 Å². The van der Waals surface area contributed by atoms with E-state index < -0.39 is 0 Å². The first-order valence-corrected chi connectivity index (χ1v) is 11.0. The zero-order valence-corrected chi connectivity index (χ0v) is 16.1. The number of phenols is 2. The molecule has 0 spiro atoms. The minimum Gasteiger partial charge on any atom is -0.508 e. The minimum atomic E-state index is 0.167. The van der Waals surface area contributed by atoms with Crippen molar-refractivity contribution in [2.45, 2.75) is 50.4 Å². The third-order valence-electron chi connectivity index (χ3n) is 7.48. The van der Waals surface area contributed by atoms with Gasteiger partial charge in [0.25, 0.3) is 0 Å². The second-order valence-electron chi connectivity index (χ2n) is 9.05. The summed E-state index contributed by atoms with van der Waals surface area (Å²) in [7, 11) is 0. The maximum absolute atomic E-state index is 10.3. The SMILES string of the molecule is Oc1ccc(O)c(-c2csc3nc(C45CC6CCCC(C4)C(C6)C5)cn23)c1. The summed E-state index contributed by atoms with van der Waals surface area (Å²) in [6, 6.07) is 4.69. The first kappa shape index (κ1) is 16.0. The summed E-state index contributed by atoms with van der Waals surface area (Å²) in [5.74, 6) is 3.03. The van der Waals surface area contributed by atoms with E-state index in [1.165, 1.54) is 56.7 Å². The average Bonchev–Trinajstić information content (AvgIpc) is 3.26. The summed E-state index contributed by atoms with van der Waals surface area (Å²) in [5.41, 5.74) is 3.09. The van der Waals surface area contributed by atoms with Crippen molar-refractivity contribution < 1.29 is 10.2 Å². The number of phenolic OH excluding ortho intramolecular Hbond substituents is 2. The van der Waals surface area contributed by atoms with Crippen LogP contribution in [0.3, 0.4) is 0 Å². The molecule has 3 aliphatic carbocycles. The number of aromatic hydroxyl groups is 2.